The second-order valence-corrected chi connectivity index (χ2v) is 6.90. The molecule has 2 aromatic rings. The van der Waals surface area contributed by atoms with Crippen molar-refractivity contribution in [3.8, 4) is 11.5 Å². The summed E-state index contributed by atoms with van der Waals surface area (Å²) in [7, 11) is 0. The van der Waals surface area contributed by atoms with Crippen molar-refractivity contribution >= 4 is 5.97 Å². The average Bonchev–Trinajstić information content (AvgIpc) is 2.50. The maximum atomic E-state index is 12.1. The van der Waals surface area contributed by atoms with E-state index in [0.29, 0.717) is 12.2 Å². The van der Waals surface area contributed by atoms with E-state index in [1.807, 2.05) is 65.0 Å². The van der Waals surface area contributed by atoms with Gasteiger partial charge in [0.1, 0.15) is 11.5 Å². The molecule has 0 unspecified atom stereocenters. The van der Waals surface area contributed by atoms with E-state index in [2.05, 4.69) is 0 Å². The van der Waals surface area contributed by atoms with Crippen LogP contribution >= 0.6 is 0 Å². The molecule has 1 N–H and O–H groups in total. The Hall–Kier alpha value is -2.29. The molecule has 0 spiro atoms. The number of rotatable bonds is 5. The lowest BCUT2D eigenvalue weighted by molar-refractivity contribution is -0.135. The lowest BCUT2D eigenvalue weighted by Crippen LogP contribution is -2.13. The summed E-state index contributed by atoms with van der Waals surface area (Å²) in [5, 5.41) is 10.2. The lowest BCUT2D eigenvalue weighted by Gasteiger charge is -2.19. The maximum Gasteiger partial charge on any atom is 0.311 e. The minimum absolute atomic E-state index is 0.0772. The minimum Gasteiger partial charge on any atom is -0.508 e. The zero-order chi connectivity index (χ0) is 17.9. The Kier molecular flexibility index (Phi) is 5.66. The van der Waals surface area contributed by atoms with Crippen molar-refractivity contribution in [2.75, 3.05) is 0 Å². The van der Waals surface area contributed by atoms with Crippen molar-refractivity contribution in [1.82, 2.24) is 0 Å². The molecule has 0 aliphatic rings. The summed E-state index contributed by atoms with van der Waals surface area (Å²) in [5.41, 5.74) is 3.92. The third-order valence-electron chi connectivity index (χ3n) is 4.08. The van der Waals surface area contributed by atoms with Crippen LogP contribution in [0.25, 0.3) is 0 Å². The molecule has 0 aliphatic carbocycles. The number of esters is 1. The summed E-state index contributed by atoms with van der Waals surface area (Å²) < 4.78 is 5.60. The van der Waals surface area contributed by atoms with Crippen LogP contribution in [0.4, 0.5) is 0 Å². The Morgan fingerprint density at radius 2 is 1.58 bits per heavy atom. The fourth-order valence-electron chi connectivity index (χ4n) is 2.79. The van der Waals surface area contributed by atoms with Crippen molar-refractivity contribution in [1.29, 1.82) is 0 Å². The Labute approximate surface area is 144 Å². The van der Waals surface area contributed by atoms with Crippen molar-refractivity contribution in [2.24, 2.45) is 5.92 Å². The van der Waals surface area contributed by atoms with Gasteiger partial charge in [-0.05, 0) is 31.9 Å². The van der Waals surface area contributed by atoms with Gasteiger partial charge in [0.15, 0.2) is 0 Å². The van der Waals surface area contributed by atoms with E-state index in [-0.39, 0.29) is 23.6 Å². The van der Waals surface area contributed by atoms with Crippen molar-refractivity contribution in [3.63, 3.8) is 0 Å². The molecular weight excluding hydrogens is 300 g/mol. The largest absolute Gasteiger partial charge is 0.508 e. The van der Waals surface area contributed by atoms with Crippen LogP contribution in [0.1, 0.15) is 55.4 Å². The highest BCUT2D eigenvalue weighted by Crippen LogP contribution is 2.37. The first-order valence-electron chi connectivity index (χ1n) is 8.38. The van der Waals surface area contributed by atoms with Gasteiger partial charge in [-0.1, -0.05) is 56.2 Å². The van der Waals surface area contributed by atoms with E-state index >= 15 is 0 Å². The number of hydrogen-bond acceptors (Lipinski definition) is 3. The molecule has 2 aromatic carbocycles. The molecule has 0 saturated carbocycles. The van der Waals surface area contributed by atoms with E-state index in [0.717, 1.165) is 22.3 Å². The number of carbonyl (C=O) groups excluding carboxylic acids is 1. The Bertz CT molecular complexity index is 732. The Balaban J connectivity index is 2.39. The molecule has 1 atom stereocenters. The molecule has 0 fully saturated rings. The monoisotopic (exact) mass is 326 g/mol. The first-order chi connectivity index (χ1) is 11.3. The SMILES string of the molecule is Cc1ccc(O)c([C@@H](C)c2cc(C)ccc2OC(=O)CC(C)C)c1. The third kappa shape index (κ3) is 4.38. The number of ether oxygens (including phenoxy) is 1. The summed E-state index contributed by atoms with van der Waals surface area (Å²) in [6.45, 7) is 10.0. The van der Waals surface area contributed by atoms with Crippen molar-refractivity contribution < 1.29 is 14.6 Å². The zero-order valence-electron chi connectivity index (χ0n) is 15.1. The van der Waals surface area contributed by atoms with Crippen LogP contribution < -0.4 is 4.74 Å². The number of hydrogen-bond donors (Lipinski definition) is 1. The van der Waals surface area contributed by atoms with Gasteiger partial charge in [0.25, 0.3) is 0 Å². The lowest BCUT2D eigenvalue weighted by atomic mass is 9.90. The normalized spacial score (nSPS) is 12.2. The molecule has 0 bridgehead atoms. The fourth-order valence-corrected chi connectivity index (χ4v) is 2.79. The van der Waals surface area contributed by atoms with E-state index in [1.165, 1.54) is 0 Å². The highest BCUT2D eigenvalue weighted by atomic mass is 16.5. The predicted octanol–water partition coefficient (Wildman–Crippen LogP) is 5.11. The number of phenolic OH excluding ortho intramolecular Hbond substituents is 1. The van der Waals surface area contributed by atoms with E-state index in [9.17, 15) is 9.90 Å². The van der Waals surface area contributed by atoms with Crippen LogP contribution in [0.15, 0.2) is 36.4 Å². The fraction of sp³-hybridized carbons (Fsp3) is 0.381. The van der Waals surface area contributed by atoms with Crippen LogP contribution in [-0.2, 0) is 4.79 Å². The van der Waals surface area contributed by atoms with Gasteiger partial charge in [-0.2, -0.15) is 0 Å². The highest BCUT2D eigenvalue weighted by Gasteiger charge is 2.19. The molecule has 3 heteroatoms. The van der Waals surface area contributed by atoms with Gasteiger partial charge in [0.2, 0.25) is 0 Å². The first-order valence-corrected chi connectivity index (χ1v) is 8.38. The second kappa shape index (κ2) is 7.52. The quantitative estimate of drug-likeness (QED) is 0.613. The summed E-state index contributed by atoms with van der Waals surface area (Å²) in [5.74, 6) is 0.778. The average molecular weight is 326 g/mol. The Morgan fingerprint density at radius 1 is 1.00 bits per heavy atom. The minimum atomic E-state index is -0.226. The summed E-state index contributed by atoms with van der Waals surface area (Å²) in [6, 6.07) is 11.4. The molecule has 24 heavy (non-hydrogen) atoms. The summed E-state index contributed by atoms with van der Waals surface area (Å²) in [6.07, 6.45) is 0.386. The molecule has 3 nitrogen and oxygen atoms in total. The number of carbonyl (C=O) groups is 1. The van der Waals surface area contributed by atoms with Crippen molar-refractivity contribution in [2.45, 2.75) is 47.0 Å². The van der Waals surface area contributed by atoms with Gasteiger partial charge >= 0.3 is 5.97 Å². The summed E-state index contributed by atoms with van der Waals surface area (Å²) in [4.78, 5) is 12.1. The molecular formula is C21H26O3. The Morgan fingerprint density at radius 3 is 2.21 bits per heavy atom. The van der Waals surface area contributed by atoms with E-state index in [1.54, 1.807) is 6.07 Å². The van der Waals surface area contributed by atoms with Gasteiger partial charge in [-0.25, -0.2) is 0 Å². The van der Waals surface area contributed by atoms with Gasteiger partial charge < -0.3 is 9.84 Å². The molecule has 0 heterocycles. The van der Waals surface area contributed by atoms with Crippen molar-refractivity contribution in [3.05, 3.63) is 58.7 Å². The van der Waals surface area contributed by atoms with Crippen LogP contribution in [0, 0.1) is 19.8 Å². The highest BCUT2D eigenvalue weighted by molar-refractivity contribution is 5.73. The van der Waals surface area contributed by atoms with E-state index < -0.39 is 0 Å². The predicted molar refractivity (Wildman–Crippen MR) is 96.6 cm³/mol. The maximum absolute atomic E-state index is 12.1. The molecule has 2 rings (SSSR count). The summed E-state index contributed by atoms with van der Waals surface area (Å²) >= 11 is 0. The van der Waals surface area contributed by atoms with Gasteiger partial charge in [0.05, 0.1) is 0 Å². The van der Waals surface area contributed by atoms with E-state index in [4.69, 9.17) is 4.74 Å². The molecule has 0 amide bonds. The topological polar surface area (TPSA) is 46.5 Å². The standard InChI is InChI=1S/C21H26O3/c1-13(2)10-21(23)24-20-9-7-15(4)12-18(20)16(5)17-11-14(3)6-8-19(17)22/h6-9,11-13,16,22H,10H2,1-5H3/t16-/m1/s1. The number of aromatic hydroxyl groups is 1. The number of benzene rings is 2. The molecule has 128 valence electrons. The molecule has 0 aromatic heterocycles. The number of aryl methyl sites for hydroxylation is 2. The smallest absolute Gasteiger partial charge is 0.311 e. The van der Waals surface area contributed by atoms with Crippen LogP contribution in [0.3, 0.4) is 0 Å². The zero-order valence-corrected chi connectivity index (χ0v) is 15.1. The van der Waals surface area contributed by atoms with Gasteiger partial charge in [-0.3, -0.25) is 4.79 Å². The molecule has 0 radical (unpaired) electrons. The van der Waals surface area contributed by atoms with Gasteiger partial charge in [0, 0.05) is 23.5 Å². The first kappa shape index (κ1) is 18.1. The third-order valence-corrected chi connectivity index (χ3v) is 4.08. The van der Waals surface area contributed by atoms with Crippen LogP contribution in [-0.4, -0.2) is 11.1 Å². The number of phenols is 1. The second-order valence-electron chi connectivity index (χ2n) is 6.90. The van der Waals surface area contributed by atoms with Gasteiger partial charge in [-0.15, -0.1) is 0 Å². The molecule has 0 aliphatic heterocycles. The van der Waals surface area contributed by atoms with Crippen LogP contribution in [0.2, 0.25) is 0 Å². The van der Waals surface area contributed by atoms with Crippen LogP contribution in [0.5, 0.6) is 11.5 Å². The molecule has 0 saturated heterocycles.